The molecule has 1 aliphatic heterocycles. The third kappa shape index (κ3) is 6.65. The predicted molar refractivity (Wildman–Crippen MR) is 142 cm³/mol. The van der Waals surface area contributed by atoms with Gasteiger partial charge in [0.05, 0.1) is 27.1 Å². The van der Waals surface area contributed by atoms with Crippen molar-refractivity contribution in [2.75, 3.05) is 27.1 Å². The van der Waals surface area contributed by atoms with Crippen molar-refractivity contribution in [1.82, 2.24) is 9.73 Å². The van der Waals surface area contributed by atoms with Crippen LogP contribution in [-0.2, 0) is 28.8 Å². The van der Waals surface area contributed by atoms with Crippen LogP contribution >= 0.6 is 11.6 Å². The number of hydrogen-bond donors (Lipinski definition) is 2. The minimum atomic E-state index is -1.51. The van der Waals surface area contributed by atoms with Crippen molar-refractivity contribution in [3.8, 4) is 23.0 Å². The highest BCUT2D eigenvalue weighted by atomic mass is 35.5. The van der Waals surface area contributed by atoms with Gasteiger partial charge in [-0.1, -0.05) is 23.7 Å². The van der Waals surface area contributed by atoms with E-state index in [4.69, 9.17) is 30.5 Å². The highest BCUT2D eigenvalue weighted by Gasteiger charge is 2.27. The fourth-order valence-corrected chi connectivity index (χ4v) is 5.08. The summed E-state index contributed by atoms with van der Waals surface area (Å²) in [7, 11) is 3.18. The van der Waals surface area contributed by atoms with Crippen LogP contribution in [0.15, 0.2) is 65.8 Å². The van der Waals surface area contributed by atoms with E-state index in [-0.39, 0.29) is 18.0 Å². The monoisotopic (exact) mass is 545 g/mol. The molecular formula is C26H28ClN3O6S. The second kappa shape index (κ2) is 12.2. The molecule has 0 aliphatic carbocycles. The number of halogens is 1. The molecule has 2 atom stereocenters. The number of phenolic OH excluding ortho intramolecular Hbond substituents is 1. The summed E-state index contributed by atoms with van der Waals surface area (Å²) in [4.78, 5) is 0. The second-order valence-electron chi connectivity index (χ2n) is 8.12. The molecule has 0 spiro atoms. The van der Waals surface area contributed by atoms with Crippen LogP contribution in [0.2, 0.25) is 5.02 Å². The van der Waals surface area contributed by atoms with Crippen LogP contribution in [0.1, 0.15) is 16.7 Å². The Morgan fingerprint density at radius 2 is 1.62 bits per heavy atom. The third-order valence-corrected chi connectivity index (χ3v) is 7.37. The molecule has 0 aromatic heterocycles. The molecule has 196 valence electrons. The normalized spacial score (nSPS) is 15.5. The highest BCUT2D eigenvalue weighted by Crippen LogP contribution is 2.30. The number of hydrogen-bond acceptors (Lipinski definition) is 8. The summed E-state index contributed by atoms with van der Waals surface area (Å²) < 4.78 is 37.7. The maximum absolute atomic E-state index is 13.7. The SMILES string of the molecule is COc1ccc(CN(Cc2ccc(O)cc2OC)S(=O)CC2NN=C(c3ccc(Cl)cc3)O2)c(OC)c1. The first-order valence-corrected chi connectivity index (χ1v) is 13.0. The molecule has 3 aromatic carbocycles. The van der Waals surface area contributed by atoms with Crippen molar-refractivity contribution in [3.63, 3.8) is 0 Å². The van der Waals surface area contributed by atoms with E-state index in [1.165, 1.54) is 13.2 Å². The Bertz CT molecular complexity index is 1290. The Labute approximate surface area is 223 Å². The number of nitrogens with one attached hydrogen (secondary N) is 1. The van der Waals surface area contributed by atoms with Crippen molar-refractivity contribution >= 4 is 28.5 Å². The summed E-state index contributed by atoms with van der Waals surface area (Å²) in [6, 6.07) is 17.5. The fraction of sp³-hybridized carbons (Fsp3) is 0.269. The Hall–Kier alpha value is -3.47. The van der Waals surface area contributed by atoms with Crippen molar-refractivity contribution < 1.29 is 28.3 Å². The molecule has 37 heavy (non-hydrogen) atoms. The van der Waals surface area contributed by atoms with Crippen LogP contribution in [-0.4, -0.2) is 52.8 Å². The van der Waals surface area contributed by atoms with Crippen molar-refractivity contribution in [1.29, 1.82) is 0 Å². The lowest BCUT2D eigenvalue weighted by atomic mass is 10.1. The maximum atomic E-state index is 13.7. The van der Waals surface area contributed by atoms with Gasteiger partial charge in [-0.15, -0.1) is 5.10 Å². The average Bonchev–Trinajstić information content (AvgIpc) is 3.37. The third-order valence-electron chi connectivity index (χ3n) is 5.70. The number of aromatic hydroxyl groups is 1. The predicted octanol–water partition coefficient (Wildman–Crippen LogP) is 4.05. The average molecular weight is 546 g/mol. The van der Waals surface area contributed by atoms with Gasteiger partial charge in [0.2, 0.25) is 5.90 Å². The van der Waals surface area contributed by atoms with Gasteiger partial charge in [0, 0.05) is 46.9 Å². The zero-order valence-corrected chi connectivity index (χ0v) is 22.2. The van der Waals surface area contributed by atoms with Gasteiger partial charge in [-0.25, -0.2) is 8.51 Å². The molecule has 11 heteroatoms. The number of benzene rings is 3. The minimum absolute atomic E-state index is 0.0838. The van der Waals surface area contributed by atoms with Crippen LogP contribution in [0.25, 0.3) is 0 Å². The topological polar surface area (TPSA) is 102 Å². The number of methoxy groups -OCH3 is 3. The van der Waals surface area contributed by atoms with E-state index in [1.54, 1.807) is 48.9 Å². The van der Waals surface area contributed by atoms with E-state index in [9.17, 15) is 9.32 Å². The first-order valence-electron chi connectivity index (χ1n) is 11.4. The van der Waals surface area contributed by atoms with E-state index in [2.05, 4.69) is 10.5 Å². The van der Waals surface area contributed by atoms with Crippen LogP contribution in [0.4, 0.5) is 0 Å². The van der Waals surface area contributed by atoms with Gasteiger partial charge in [-0.2, -0.15) is 0 Å². The van der Waals surface area contributed by atoms with Crippen LogP contribution in [0.3, 0.4) is 0 Å². The number of nitrogens with zero attached hydrogens (tertiary/aromatic N) is 2. The van der Waals surface area contributed by atoms with Crippen LogP contribution < -0.4 is 19.6 Å². The molecule has 0 saturated heterocycles. The van der Waals surface area contributed by atoms with Crippen molar-refractivity contribution in [2.45, 2.75) is 19.3 Å². The lowest BCUT2D eigenvalue weighted by Gasteiger charge is -2.24. The standard InChI is InChI=1S/C26H28ClN3O6S/c1-33-22-11-7-19(24(13-22)35-3)15-30(14-18-6-10-21(31)12-23(18)34-2)37(32)16-25-28-29-26(36-25)17-4-8-20(27)9-5-17/h4-13,25,28,31H,14-16H2,1-3H3. The molecule has 0 radical (unpaired) electrons. The molecule has 4 rings (SSSR count). The smallest absolute Gasteiger partial charge is 0.240 e. The van der Waals surface area contributed by atoms with Gasteiger partial charge < -0.3 is 24.1 Å². The molecule has 3 aromatic rings. The zero-order chi connectivity index (χ0) is 26.4. The Morgan fingerprint density at radius 3 is 2.27 bits per heavy atom. The highest BCUT2D eigenvalue weighted by molar-refractivity contribution is 7.82. The molecule has 9 nitrogen and oxygen atoms in total. The quantitative estimate of drug-likeness (QED) is 0.375. The van der Waals surface area contributed by atoms with E-state index < -0.39 is 17.2 Å². The molecule has 0 saturated carbocycles. The van der Waals surface area contributed by atoms with Gasteiger partial charge >= 0.3 is 0 Å². The van der Waals surface area contributed by atoms with Gasteiger partial charge in [0.15, 0.2) is 6.23 Å². The van der Waals surface area contributed by atoms with Crippen molar-refractivity contribution in [3.05, 3.63) is 82.4 Å². The Kier molecular flexibility index (Phi) is 8.75. The Morgan fingerprint density at radius 1 is 0.973 bits per heavy atom. The second-order valence-corrected chi connectivity index (χ2v) is 10.0. The van der Waals surface area contributed by atoms with E-state index in [0.29, 0.717) is 34.7 Å². The summed E-state index contributed by atoms with van der Waals surface area (Å²) in [5.74, 6) is 2.39. The van der Waals surface area contributed by atoms with E-state index in [0.717, 1.165) is 16.7 Å². The number of ether oxygens (including phenoxy) is 4. The van der Waals surface area contributed by atoms with Gasteiger partial charge in [-0.05, 0) is 36.4 Å². The molecule has 2 N–H and O–H groups in total. The van der Waals surface area contributed by atoms with Crippen LogP contribution in [0, 0.1) is 0 Å². The Balaban J connectivity index is 1.54. The van der Waals surface area contributed by atoms with E-state index in [1.807, 2.05) is 24.3 Å². The molecule has 1 aliphatic rings. The molecular weight excluding hydrogens is 518 g/mol. The fourth-order valence-electron chi connectivity index (χ4n) is 3.78. The molecule has 0 bridgehead atoms. The van der Waals surface area contributed by atoms with Gasteiger partial charge in [-0.3, -0.25) is 5.43 Å². The van der Waals surface area contributed by atoms with Gasteiger partial charge in [0.1, 0.15) is 34.0 Å². The van der Waals surface area contributed by atoms with Crippen LogP contribution in [0.5, 0.6) is 23.0 Å². The summed E-state index contributed by atoms with van der Waals surface area (Å²) in [6.45, 7) is 0.588. The number of hydrazone groups is 1. The number of rotatable bonds is 11. The summed E-state index contributed by atoms with van der Waals surface area (Å²) in [5, 5.41) is 14.7. The lowest BCUT2D eigenvalue weighted by Crippen LogP contribution is -2.36. The minimum Gasteiger partial charge on any atom is -0.508 e. The van der Waals surface area contributed by atoms with E-state index >= 15 is 0 Å². The largest absolute Gasteiger partial charge is 0.508 e. The summed E-state index contributed by atoms with van der Waals surface area (Å²) >= 11 is 5.97. The summed E-state index contributed by atoms with van der Waals surface area (Å²) in [5.41, 5.74) is 5.27. The lowest BCUT2D eigenvalue weighted by molar-refractivity contribution is 0.210. The maximum Gasteiger partial charge on any atom is 0.240 e. The summed E-state index contributed by atoms with van der Waals surface area (Å²) in [6.07, 6.45) is -0.589. The number of phenols is 1. The molecule has 0 amide bonds. The zero-order valence-electron chi connectivity index (χ0n) is 20.6. The van der Waals surface area contributed by atoms with Gasteiger partial charge in [0.25, 0.3) is 0 Å². The molecule has 2 unspecified atom stereocenters. The first kappa shape index (κ1) is 26.6. The molecule has 0 fully saturated rings. The first-order chi connectivity index (χ1) is 17.9. The van der Waals surface area contributed by atoms with Crippen molar-refractivity contribution in [2.24, 2.45) is 5.10 Å². The molecule has 1 heterocycles.